The summed E-state index contributed by atoms with van der Waals surface area (Å²) in [4.78, 5) is 11.7. The summed E-state index contributed by atoms with van der Waals surface area (Å²) < 4.78 is 0. The van der Waals surface area contributed by atoms with E-state index in [0.717, 1.165) is 27.3 Å². The van der Waals surface area contributed by atoms with Gasteiger partial charge >= 0.3 is 0 Å². The highest BCUT2D eigenvalue weighted by atomic mass is 35.5. The van der Waals surface area contributed by atoms with Crippen LogP contribution in [-0.4, -0.2) is 15.0 Å². The number of hydrogen-bond donors (Lipinski definition) is 1. The molecule has 0 aliphatic rings. The molecule has 0 aliphatic carbocycles. The maximum absolute atomic E-state index is 5.73. The Labute approximate surface area is 101 Å². The van der Waals surface area contributed by atoms with Crippen molar-refractivity contribution in [1.29, 1.82) is 0 Å². The van der Waals surface area contributed by atoms with Crippen LogP contribution in [0.2, 0.25) is 0 Å². The van der Waals surface area contributed by atoms with Gasteiger partial charge in [-0.2, -0.15) is 0 Å². The first-order valence-corrected chi connectivity index (χ1v) is 6.22. The van der Waals surface area contributed by atoms with Crippen LogP contribution >= 0.6 is 22.9 Å². The topological polar surface area (TPSA) is 41.6 Å². The standard InChI is InChI=1S/C11H8ClN3S/c12-4-8-5-16-11(15-8)7-1-2-9-10(3-7)14-6-13-9/h1-3,5-6H,4H2,(H,13,14). The van der Waals surface area contributed by atoms with Crippen molar-refractivity contribution in [2.45, 2.75) is 5.88 Å². The molecular weight excluding hydrogens is 242 g/mol. The van der Waals surface area contributed by atoms with E-state index in [2.05, 4.69) is 21.0 Å². The van der Waals surface area contributed by atoms with Crippen LogP contribution in [0.1, 0.15) is 5.69 Å². The Bertz CT molecular complexity index is 629. The molecule has 0 amide bonds. The van der Waals surface area contributed by atoms with Gasteiger partial charge in [0.1, 0.15) is 5.01 Å². The first kappa shape index (κ1) is 9.81. The molecule has 2 aromatic heterocycles. The predicted molar refractivity (Wildman–Crippen MR) is 66.8 cm³/mol. The number of rotatable bonds is 2. The second-order valence-electron chi connectivity index (χ2n) is 3.41. The third-order valence-electron chi connectivity index (χ3n) is 2.36. The predicted octanol–water partition coefficient (Wildman–Crippen LogP) is 3.43. The molecule has 0 fully saturated rings. The minimum Gasteiger partial charge on any atom is -0.345 e. The number of nitrogens with one attached hydrogen (secondary N) is 1. The molecule has 3 rings (SSSR count). The van der Waals surface area contributed by atoms with Crippen molar-refractivity contribution < 1.29 is 0 Å². The van der Waals surface area contributed by atoms with Crippen molar-refractivity contribution >= 4 is 34.0 Å². The van der Waals surface area contributed by atoms with E-state index in [4.69, 9.17) is 11.6 Å². The maximum Gasteiger partial charge on any atom is 0.123 e. The average molecular weight is 250 g/mol. The Hall–Kier alpha value is -1.39. The summed E-state index contributed by atoms with van der Waals surface area (Å²) >= 11 is 7.34. The lowest BCUT2D eigenvalue weighted by atomic mass is 10.2. The SMILES string of the molecule is ClCc1csc(-c2ccc3nc[nH]c3c2)n1. The van der Waals surface area contributed by atoms with Gasteiger partial charge < -0.3 is 4.98 Å². The number of alkyl halides is 1. The summed E-state index contributed by atoms with van der Waals surface area (Å²) in [5.41, 5.74) is 4.02. The van der Waals surface area contributed by atoms with Crippen LogP contribution in [0.25, 0.3) is 21.6 Å². The average Bonchev–Trinajstić information content (AvgIpc) is 2.96. The van der Waals surface area contributed by atoms with Crippen LogP contribution in [-0.2, 0) is 5.88 Å². The smallest absolute Gasteiger partial charge is 0.123 e. The van der Waals surface area contributed by atoms with Crippen LogP contribution in [0.15, 0.2) is 29.9 Å². The van der Waals surface area contributed by atoms with E-state index in [1.54, 1.807) is 17.7 Å². The number of imidazole rings is 1. The van der Waals surface area contributed by atoms with Gasteiger partial charge in [-0.1, -0.05) is 0 Å². The molecule has 0 saturated carbocycles. The summed E-state index contributed by atoms with van der Waals surface area (Å²) in [6.45, 7) is 0. The van der Waals surface area contributed by atoms with Crippen molar-refractivity contribution in [1.82, 2.24) is 15.0 Å². The summed E-state index contributed by atoms with van der Waals surface area (Å²) in [5, 5.41) is 2.98. The largest absolute Gasteiger partial charge is 0.345 e. The summed E-state index contributed by atoms with van der Waals surface area (Å²) in [6, 6.07) is 6.07. The minimum absolute atomic E-state index is 0.461. The molecule has 3 aromatic rings. The van der Waals surface area contributed by atoms with Gasteiger partial charge in [0.05, 0.1) is 28.9 Å². The van der Waals surface area contributed by atoms with Crippen molar-refractivity contribution in [3.63, 3.8) is 0 Å². The molecule has 0 bridgehead atoms. The van der Waals surface area contributed by atoms with Gasteiger partial charge in [0, 0.05) is 10.9 Å². The van der Waals surface area contributed by atoms with Gasteiger partial charge in [0.15, 0.2) is 0 Å². The van der Waals surface area contributed by atoms with Gasteiger partial charge in [-0.25, -0.2) is 9.97 Å². The normalized spacial score (nSPS) is 11.1. The highest BCUT2D eigenvalue weighted by Gasteiger charge is 2.05. The van der Waals surface area contributed by atoms with Crippen molar-refractivity contribution in [3.8, 4) is 10.6 Å². The summed E-state index contributed by atoms with van der Waals surface area (Å²) in [6.07, 6.45) is 1.69. The Morgan fingerprint density at radius 2 is 2.31 bits per heavy atom. The van der Waals surface area contributed by atoms with Crippen LogP contribution < -0.4 is 0 Å². The van der Waals surface area contributed by atoms with Crippen LogP contribution in [0.4, 0.5) is 0 Å². The Morgan fingerprint density at radius 1 is 1.38 bits per heavy atom. The van der Waals surface area contributed by atoms with Gasteiger partial charge in [0.2, 0.25) is 0 Å². The quantitative estimate of drug-likeness (QED) is 0.707. The number of H-pyrrole nitrogens is 1. The fourth-order valence-electron chi connectivity index (χ4n) is 1.57. The molecule has 0 saturated heterocycles. The van der Waals surface area contributed by atoms with Crippen molar-refractivity contribution in [3.05, 3.63) is 35.6 Å². The third-order valence-corrected chi connectivity index (χ3v) is 3.57. The monoisotopic (exact) mass is 249 g/mol. The van der Waals surface area contributed by atoms with Crippen LogP contribution in [0.3, 0.4) is 0 Å². The van der Waals surface area contributed by atoms with Crippen molar-refractivity contribution in [2.75, 3.05) is 0 Å². The molecular formula is C11H8ClN3S. The number of benzene rings is 1. The van der Waals surface area contributed by atoms with Crippen molar-refractivity contribution in [2.24, 2.45) is 0 Å². The highest BCUT2D eigenvalue weighted by Crippen LogP contribution is 2.26. The molecule has 1 N–H and O–H groups in total. The molecule has 1 aromatic carbocycles. The Morgan fingerprint density at radius 3 is 3.12 bits per heavy atom. The fourth-order valence-corrected chi connectivity index (χ4v) is 2.61. The summed E-state index contributed by atoms with van der Waals surface area (Å²) in [7, 11) is 0. The van der Waals surface area contributed by atoms with Gasteiger partial charge in [-0.05, 0) is 18.2 Å². The molecule has 16 heavy (non-hydrogen) atoms. The van der Waals surface area contributed by atoms with Gasteiger partial charge in [-0.3, -0.25) is 0 Å². The number of thiazole rings is 1. The molecule has 0 radical (unpaired) electrons. The number of hydrogen-bond acceptors (Lipinski definition) is 3. The molecule has 0 atom stereocenters. The zero-order valence-electron chi connectivity index (χ0n) is 8.27. The zero-order chi connectivity index (χ0) is 11.0. The van der Waals surface area contributed by atoms with Crippen LogP contribution in [0, 0.1) is 0 Å². The Balaban J connectivity index is 2.10. The first-order chi connectivity index (χ1) is 7.86. The van der Waals surface area contributed by atoms with E-state index >= 15 is 0 Å². The van der Waals surface area contributed by atoms with E-state index in [-0.39, 0.29) is 0 Å². The zero-order valence-corrected chi connectivity index (χ0v) is 9.85. The fraction of sp³-hybridized carbons (Fsp3) is 0.0909. The number of aromatic amines is 1. The molecule has 3 nitrogen and oxygen atoms in total. The van der Waals surface area contributed by atoms with E-state index < -0.39 is 0 Å². The lowest BCUT2D eigenvalue weighted by molar-refractivity contribution is 1.23. The van der Waals surface area contributed by atoms with E-state index in [0.29, 0.717) is 5.88 Å². The number of nitrogens with zero attached hydrogens (tertiary/aromatic N) is 2. The molecule has 0 aliphatic heterocycles. The van der Waals surface area contributed by atoms with Gasteiger partial charge in [-0.15, -0.1) is 22.9 Å². The minimum atomic E-state index is 0.461. The van der Waals surface area contributed by atoms with E-state index in [1.165, 1.54) is 0 Å². The van der Waals surface area contributed by atoms with E-state index in [9.17, 15) is 0 Å². The molecule has 80 valence electrons. The molecule has 0 spiro atoms. The number of fused-ring (bicyclic) bond motifs is 1. The van der Waals surface area contributed by atoms with Gasteiger partial charge in [0.25, 0.3) is 0 Å². The second-order valence-corrected chi connectivity index (χ2v) is 4.54. The van der Waals surface area contributed by atoms with Crippen LogP contribution in [0.5, 0.6) is 0 Å². The van der Waals surface area contributed by atoms with E-state index in [1.807, 2.05) is 17.5 Å². The maximum atomic E-state index is 5.73. The Kier molecular flexibility index (Phi) is 2.38. The summed E-state index contributed by atoms with van der Waals surface area (Å²) in [5.74, 6) is 0.461. The lowest BCUT2D eigenvalue weighted by Gasteiger charge is -1.95. The number of halogens is 1. The first-order valence-electron chi connectivity index (χ1n) is 4.81. The highest BCUT2D eigenvalue weighted by molar-refractivity contribution is 7.13. The molecule has 2 heterocycles. The second kappa shape index (κ2) is 3.88. The third kappa shape index (κ3) is 1.60. The molecule has 5 heteroatoms. The lowest BCUT2D eigenvalue weighted by Crippen LogP contribution is -1.79. The number of aromatic nitrogens is 3. The molecule has 0 unspecified atom stereocenters.